The summed E-state index contributed by atoms with van der Waals surface area (Å²) in [6.07, 6.45) is 0. The molecule has 0 N–H and O–H groups in total. The first kappa shape index (κ1) is 20.1. The van der Waals surface area contributed by atoms with E-state index in [9.17, 15) is 16.8 Å². The SMILES string of the molecule is Cc1ccc(S(=O)(=O)N(c2ccccc2)S(=O)(=O)c2ccc(C)c(C)c2)cc1. The van der Waals surface area contributed by atoms with Gasteiger partial charge in [0.2, 0.25) is 0 Å². The van der Waals surface area contributed by atoms with Crippen molar-refractivity contribution in [2.75, 3.05) is 3.71 Å². The molecule has 0 saturated heterocycles. The topological polar surface area (TPSA) is 71.5 Å². The number of anilines is 1. The van der Waals surface area contributed by atoms with Crippen molar-refractivity contribution in [1.82, 2.24) is 0 Å². The highest BCUT2D eigenvalue weighted by Crippen LogP contribution is 2.31. The molecule has 0 saturated carbocycles. The summed E-state index contributed by atoms with van der Waals surface area (Å²) >= 11 is 0. The third-order valence-corrected chi connectivity index (χ3v) is 8.69. The molecule has 3 aromatic rings. The van der Waals surface area contributed by atoms with Crippen molar-refractivity contribution in [1.29, 1.82) is 0 Å². The number of para-hydroxylation sites is 1. The maximum atomic E-state index is 13.4. The molecule has 0 aromatic heterocycles. The summed E-state index contributed by atoms with van der Waals surface area (Å²) in [4.78, 5) is -0.162. The molecule has 0 aliphatic carbocycles. The van der Waals surface area contributed by atoms with Crippen LogP contribution in [0.2, 0.25) is 0 Å². The standard InChI is InChI=1S/C21H21NO4S2/c1-16-9-12-20(13-10-16)27(23,24)22(19-7-5-4-6-8-19)28(25,26)21-14-11-17(2)18(3)15-21/h4-15H,1-3H3. The van der Waals surface area contributed by atoms with Crippen LogP contribution in [-0.4, -0.2) is 16.8 Å². The van der Waals surface area contributed by atoms with Gasteiger partial charge in [0.25, 0.3) is 20.0 Å². The van der Waals surface area contributed by atoms with Crippen LogP contribution in [0.1, 0.15) is 16.7 Å². The van der Waals surface area contributed by atoms with Crippen molar-refractivity contribution >= 4 is 25.7 Å². The fourth-order valence-electron chi connectivity index (χ4n) is 2.73. The molecule has 0 fully saturated rings. The van der Waals surface area contributed by atoms with E-state index in [1.165, 1.54) is 36.4 Å². The van der Waals surface area contributed by atoms with Gasteiger partial charge < -0.3 is 0 Å². The lowest BCUT2D eigenvalue weighted by molar-refractivity contribution is 0.584. The first-order valence-corrected chi connectivity index (χ1v) is 11.5. The predicted molar refractivity (Wildman–Crippen MR) is 110 cm³/mol. The molecule has 0 atom stereocenters. The molecule has 0 amide bonds. The van der Waals surface area contributed by atoms with Gasteiger partial charge in [0.15, 0.2) is 0 Å². The lowest BCUT2D eigenvalue weighted by Gasteiger charge is -2.24. The highest BCUT2D eigenvalue weighted by atomic mass is 32.3. The summed E-state index contributed by atoms with van der Waals surface area (Å²) in [6, 6.07) is 18.5. The summed E-state index contributed by atoms with van der Waals surface area (Å²) in [5.41, 5.74) is 2.62. The molecule has 0 spiro atoms. The predicted octanol–water partition coefficient (Wildman–Crippen LogP) is 4.20. The number of hydrogen-bond acceptors (Lipinski definition) is 4. The molecule has 3 rings (SSSR count). The van der Waals surface area contributed by atoms with Gasteiger partial charge in [-0.1, -0.05) is 42.0 Å². The zero-order valence-electron chi connectivity index (χ0n) is 15.8. The number of rotatable bonds is 5. The van der Waals surface area contributed by atoms with Crippen LogP contribution in [0.5, 0.6) is 0 Å². The van der Waals surface area contributed by atoms with Crippen LogP contribution < -0.4 is 3.71 Å². The third-order valence-electron chi connectivity index (χ3n) is 4.50. The summed E-state index contributed by atoms with van der Waals surface area (Å²) < 4.78 is 54.1. The molecule has 0 bridgehead atoms. The Kier molecular flexibility index (Phi) is 5.32. The fourth-order valence-corrected chi connectivity index (χ4v) is 6.51. The highest BCUT2D eigenvalue weighted by molar-refractivity contribution is 8.10. The van der Waals surface area contributed by atoms with Crippen molar-refractivity contribution in [3.8, 4) is 0 Å². The van der Waals surface area contributed by atoms with E-state index in [4.69, 9.17) is 0 Å². The highest BCUT2D eigenvalue weighted by Gasteiger charge is 2.36. The Labute approximate surface area is 166 Å². The maximum absolute atomic E-state index is 13.4. The van der Waals surface area contributed by atoms with Crippen LogP contribution in [0.25, 0.3) is 0 Å². The summed E-state index contributed by atoms with van der Waals surface area (Å²) in [5.74, 6) is 0. The van der Waals surface area contributed by atoms with E-state index in [2.05, 4.69) is 0 Å². The Morgan fingerprint density at radius 2 is 1.14 bits per heavy atom. The molecule has 5 nitrogen and oxygen atoms in total. The van der Waals surface area contributed by atoms with Gasteiger partial charge in [-0.2, -0.15) is 3.71 Å². The third kappa shape index (κ3) is 3.68. The molecular weight excluding hydrogens is 394 g/mol. The van der Waals surface area contributed by atoms with Gasteiger partial charge in [-0.05, 0) is 68.3 Å². The van der Waals surface area contributed by atoms with Crippen LogP contribution in [0, 0.1) is 20.8 Å². The monoisotopic (exact) mass is 415 g/mol. The number of sulfonamides is 2. The van der Waals surface area contributed by atoms with Gasteiger partial charge >= 0.3 is 0 Å². The van der Waals surface area contributed by atoms with E-state index in [0.717, 1.165) is 16.7 Å². The van der Waals surface area contributed by atoms with Gasteiger partial charge in [0.05, 0.1) is 15.5 Å². The minimum atomic E-state index is -4.36. The van der Waals surface area contributed by atoms with E-state index in [-0.39, 0.29) is 15.5 Å². The van der Waals surface area contributed by atoms with E-state index < -0.39 is 20.0 Å². The first-order chi connectivity index (χ1) is 13.1. The molecule has 146 valence electrons. The van der Waals surface area contributed by atoms with Gasteiger partial charge in [-0.15, -0.1) is 0 Å². The van der Waals surface area contributed by atoms with Gasteiger partial charge in [-0.3, -0.25) is 0 Å². The number of aryl methyl sites for hydroxylation is 3. The van der Waals surface area contributed by atoms with E-state index >= 15 is 0 Å². The largest absolute Gasteiger partial charge is 0.277 e. The molecule has 3 aromatic carbocycles. The summed E-state index contributed by atoms with van der Waals surface area (Å²) in [6.45, 7) is 5.48. The van der Waals surface area contributed by atoms with Crippen molar-refractivity contribution in [2.45, 2.75) is 30.6 Å². The summed E-state index contributed by atoms with van der Waals surface area (Å²) in [5, 5.41) is 0. The number of nitrogens with zero attached hydrogens (tertiary/aromatic N) is 1. The second kappa shape index (κ2) is 7.41. The zero-order valence-corrected chi connectivity index (χ0v) is 17.5. The molecule has 0 aliphatic rings. The van der Waals surface area contributed by atoms with Crippen molar-refractivity contribution < 1.29 is 16.8 Å². The van der Waals surface area contributed by atoms with E-state index in [0.29, 0.717) is 3.71 Å². The molecule has 0 unspecified atom stereocenters. The van der Waals surface area contributed by atoms with E-state index in [1.54, 1.807) is 43.3 Å². The molecule has 28 heavy (non-hydrogen) atoms. The first-order valence-electron chi connectivity index (χ1n) is 8.63. The molecular formula is C21H21NO4S2. The molecule has 0 aliphatic heterocycles. The van der Waals surface area contributed by atoms with Gasteiger partial charge in [-0.25, -0.2) is 16.8 Å². The molecule has 0 radical (unpaired) electrons. The van der Waals surface area contributed by atoms with Crippen molar-refractivity contribution in [2.24, 2.45) is 0 Å². The van der Waals surface area contributed by atoms with E-state index in [1.807, 2.05) is 13.8 Å². The van der Waals surface area contributed by atoms with Crippen LogP contribution in [0.15, 0.2) is 82.6 Å². The zero-order chi connectivity index (χ0) is 20.5. The molecule has 7 heteroatoms. The van der Waals surface area contributed by atoms with Crippen LogP contribution in [0.4, 0.5) is 5.69 Å². The summed E-state index contributed by atoms with van der Waals surface area (Å²) in [7, 11) is -8.72. The minimum Gasteiger partial charge on any atom is -0.200 e. The number of benzene rings is 3. The fraction of sp³-hybridized carbons (Fsp3) is 0.143. The van der Waals surface area contributed by atoms with Gasteiger partial charge in [0.1, 0.15) is 0 Å². The van der Waals surface area contributed by atoms with Crippen LogP contribution >= 0.6 is 0 Å². The Morgan fingerprint density at radius 3 is 1.71 bits per heavy atom. The lowest BCUT2D eigenvalue weighted by atomic mass is 10.1. The normalized spacial score (nSPS) is 12.0. The average molecular weight is 416 g/mol. The number of hydrogen-bond donors (Lipinski definition) is 0. The smallest absolute Gasteiger partial charge is 0.200 e. The average Bonchev–Trinajstić information content (AvgIpc) is 2.64. The Hall–Kier alpha value is -2.64. The Bertz CT molecular complexity index is 1200. The lowest BCUT2D eigenvalue weighted by Crippen LogP contribution is -2.37. The minimum absolute atomic E-state index is 0.0568. The quantitative estimate of drug-likeness (QED) is 0.626. The van der Waals surface area contributed by atoms with Crippen LogP contribution in [-0.2, 0) is 20.0 Å². The van der Waals surface area contributed by atoms with Crippen molar-refractivity contribution in [3.05, 3.63) is 89.5 Å². The van der Waals surface area contributed by atoms with Crippen LogP contribution in [0.3, 0.4) is 0 Å². The Morgan fingerprint density at radius 1 is 0.607 bits per heavy atom. The van der Waals surface area contributed by atoms with Crippen molar-refractivity contribution in [3.63, 3.8) is 0 Å². The Balaban J connectivity index is 2.26. The molecule has 0 heterocycles. The second-order valence-electron chi connectivity index (χ2n) is 6.60. The van der Waals surface area contributed by atoms with Gasteiger partial charge in [0, 0.05) is 0 Å². The maximum Gasteiger partial charge on any atom is 0.277 e. The second-order valence-corrected chi connectivity index (χ2v) is 10.4.